The Labute approximate surface area is 196 Å². The number of thiazole rings is 1. The SMILES string of the molecule is Cc1ccc2nc(-c3ccc(NC(=O)COc4ccc(-c5ccccc5)cc4)cc3)sc2c1. The lowest BCUT2D eigenvalue weighted by Crippen LogP contribution is -2.20. The van der Waals surface area contributed by atoms with Crippen LogP contribution in [0.2, 0.25) is 0 Å². The maximum Gasteiger partial charge on any atom is 0.262 e. The van der Waals surface area contributed by atoms with Crippen molar-refractivity contribution >= 4 is 33.1 Å². The van der Waals surface area contributed by atoms with Gasteiger partial charge in [-0.05, 0) is 72.1 Å². The molecule has 1 heterocycles. The van der Waals surface area contributed by atoms with E-state index in [2.05, 4.69) is 42.6 Å². The Bertz CT molecular complexity index is 1390. The highest BCUT2D eigenvalue weighted by atomic mass is 32.1. The highest BCUT2D eigenvalue weighted by Gasteiger charge is 2.08. The molecule has 162 valence electrons. The maximum absolute atomic E-state index is 12.3. The van der Waals surface area contributed by atoms with Gasteiger partial charge < -0.3 is 10.1 Å². The van der Waals surface area contributed by atoms with Crippen LogP contribution in [0, 0.1) is 6.92 Å². The number of hydrogen-bond donors (Lipinski definition) is 1. The van der Waals surface area contributed by atoms with Crippen LogP contribution >= 0.6 is 11.3 Å². The predicted molar refractivity (Wildman–Crippen MR) is 136 cm³/mol. The van der Waals surface area contributed by atoms with Crippen molar-refractivity contribution in [3.8, 4) is 27.4 Å². The lowest BCUT2D eigenvalue weighted by atomic mass is 10.1. The third-order valence-electron chi connectivity index (χ3n) is 5.29. The van der Waals surface area contributed by atoms with Crippen LogP contribution in [0.1, 0.15) is 5.56 Å². The summed E-state index contributed by atoms with van der Waals surface area (Å²) in [5.41, 5.74) is 6.24. The molecule has 1 N–H and O–H groups in total. The molecule has 0 saturated carbocycles. The predicted octanol–water partition coefficient (Wildman–Crippen LogP) is 6.96. The van der Waals surface area contributed by atoms with Crippen LogP contribution in [0.3, 0.4) is 0 Å². The fourth-order valence-electron chi connectivity index (χ4n) is 3.57. The molecule has 0 aliphatic heterocycles. The molecule has 5 rings (SSSR count). The van der Waals surface area contributed by atoms with Crippen molar-refractivity contribution in [3.63, 3.8) is 0 Å². The van der Waals surface area contributed by atoms with Gasteiger partial charge in [-0.15, -0.1) is 11.3 Å². The Hall–Kier alpha value is -3.96. The molecule has 0 aliphatic rings. The van der Waals surface area contributed by atoms with Gasteiger partial charge in [-0.25, -0.2) is 4.98 Å². The molecule has 0 unspecified atom stereocenters. The number of rotatable bonds is 6. The van der Waals surface area contributed by atoms with E-state index in [1.807, 2.05) is 66.7 Å². The Morgan fingerprint density at radius 3 is 2.30 bits per heavy atom. The van der Waals surface area contributed by atoms with Crippen molar-refractivity contribution in [1.29, 1.82) is 0 Å². The van der Waals surface area contributed by atoms with E-state index in [9.17, 15) is 4.79 Å². The number of aryl methyl sites for hydroxylation is 1. The average molecular weight is 451 g/mol. The number of hydrogen-bond acceptors (Lipinski definition) is 4. The number of ether oxygens (including phenoxy) is 1. The van der Waals surface area contributed by atoms with Gasteiger partial charge in [-0.3, -0.25) is 4.79 Å². The number of anilines is 1. The second kappa shape index (κ2) is 9.27. The van der Waals surface area contributed by atoms with E-state index < -0.39 is 0 Å². The molecule has 0 saturated heterocycles. The molecule has 0 fully saturated rings. The Kier molecular flexibility index (Phi) is 5.87. The molecule has 0 radical (unpaired) electrons. The fourth-order valence-corrected chi connectivity index (χ4v) is 4.64. The molecule has 0 atom stereocenters. The zero-order chi connectivity index (χ0) is 22.6. The first-order valence-electron chi connectivity index (χ1n) is 10.7. The molecular weight excluding hydrogens is 428 g/mol. The minimum absolute atomic E-state index is 0.0519. The van der Waals surface area contributed by atoms with Crippen molar-refractivity contribution in [2.24, 2.45) is 0 Å². The molecule has 5 heteroatoms. The van der Waals surface area contributed by atoms with Crippen LogP contribution < -0.4 is 10.1 Å². The highest BCUT2D eigenvalue weighted by molar-refractivity contribution is 7.21. The summed E-state index contributed by atoms with van der Waals surface area (Å²) >= 11 is 1.67. The van der Waals surface area contributed by atoms with Crippen LogP contribution in [-0.4, -0.2) is 17.5 Å². The minimum atomic E-state index is -0.203. The first-order valence-corrected chi connectivity index (χ1v) is 11.5. The van der Waals surface area contributed by atoms with Crippen molar-refractivity contribution in [1.82, 2.24) is 4.98 Å². The van der Waals surface area contributed by atoms with Gasteiger partial charge in [-0.2, -0.15) is 0 Å². The summed E-state index contributed by atoms with van der Waals surface area (Å²) in [6, 6.07) is 31.9. The second-order valence-electron chi connectivity index (χ2n) is 7.79. The maximum atomic E-state index is 12.3. The quantitative estimate of drug-likeness (QED) is 0.304. The molecule has 33 heavy (non-hydrogen) atoms. The number of benzene rings is 4. The van der Waals surface area contributed by atoms with E-state index in [0.717, 1.165) is 32.9 Å². The number of carbonyl (C=O) groups excluding carboxylic acids is 1. The number of amides is 1. The molecule has 5 aromatic rings. The molecule has 4 nitrogen and oxygen atoms in total. The lowest BCUT2D eigenvalue weighted by molar-refractivity contribution is -0.118. The van der Waals surface area contributed by atoms with Gasteiger partial charge in [0.2, 0.25) is 0 Å². The molecule has 4 aromatic carbocycles. The van der Waals surface area contributed by atoms with Gasteiger partial charge in [0.05, 0.1) is 10.2 Å². The second-order valence-corrected chi connectivity index (χ2v) is 8.83. The summed E-state index contributed by atoms with van der Waals surface area (Å²) in [4.78, 5) is 17.0. The van der Waals surface area contributed by atoms with Crippen molar-refractivity contribution in [2.75, 3.05) is 11.9 Å². The lowest BCUT2D eigenvalue weighted by Gasteiger charge is -2.09. The van der Waals surface area contributed by atoms with Gasteiger partial charge in [0.25, 0.3) is 5.91 Å². The van der Waals surface area contributed by atoms with Crippen LogP contribution in [0.15, 0.2) is 97.1 Å². The van der Waals surface area contributed by atoms with Gasteiger partial charge in [0.1, 0.15) is 10.8 Å². The number of aromatic nitrogens is 1. The van der Waals surface area contributed by atoms with E-state index in [1.165, 1.54) is 10.3 Å². The van der Waals surface area contributed by atoms with Crippen molar-refractivity contribution in [3.05, 3.63) is 103 Å². The zero-order valence-electron chi connectivity index (χ0n) is 18.1. The third-order valence-corrected chi connectivity index (χ3v) is 6.36. The number of nitrogens with zero attached hydrogens (tertiary/aromatic N) is 1. The van der Waals surface area contributed by atoms with E-state index in [0.29, 0.717) is 5.75 Å². The van der Waals surface area contributed by atoms with Gasteiger partial charge in [0, 0.05) is 11.3 Å². The van der Waals surface area contributed by atoms with E-state index >= 15 is 0 Å². The smallest absolute Gasteiger partial charge is 0.262 e. The normalized spacial score (nSPS) is 10.8. The van der Waals surface area contributed by atoms with Crippen LogP contribution in [-0.2, 0) is 4.79 Å². The summed E-state index contributed by atoms with van der Waals surface area (Å²) in [6.07, 6.45) is 0. The van der Waals surface area contributed by atoms with Gasteiger partial charge >= 0.3 is 0 Å². The number of carbonyl (C=O) groups is 1. The third kappa shape index (κ3) is 4.94. The minimum Gasteiger partial charge on any atom is -0.484 e. The molecule has 1 aromatic heterocycles. The summed E-state index contributed by atoms with van der Waals surface area (Å²) in [6.45, 7) is 2.03. The monoisotopic (exact) mass is 450 g/mol. The molecule has 0 bridgehead atoms. The van der Waals surface area contributed by atoms with E-state index in [-0.39, 0.29) is 12.5 Å². The first-order chi connectivity index (χ1) is 16.1. The molecular formula is C28H22N2O2S. The van der Waals surface area contributed by atoms with Crippen LogP contribution in [0.4, 0.5) is 5.69 Å². The molecule has 1 amide bonds. The summed E-state index contributed by atoms with van der Waals surface area (Å²) in [5.74, 6) is 0.455. The first kappa shape index (κ1) is 20.9. The van der Waals surface area contributed by atoms with E-state index in [1.54, 1.807) is 11.3 Å². The number of nitrogens with one attached hydrogen (secondary N) is 1. The summed E-state index contributed by atoms with van der Waals surface area (Å²) in [7, 11) is 0. The van der Waals surface area contributed by atoms with Crippen molar-refractivity contribution < 1.29 is 9.53 Å². The fraction of sp³-hybridized carbons (Fsp3) is 0.0714. The average Bonchev–Trinajstić information content (AvgIpc) is 3.27. The van der Waals surface area contributed by atoms with Crippen LogP contribution in [0.25, 0.3) is 31.9 Å². The van der Waals surface area contributed by atoms with Gasteiger partial charge in [-0.1, -0.05) is 48.5 Å². The van der Waals surface area contributed by atoms with Crippen molar-refractivity contribution in [2.45, 2.75) is 6.92 Å². The van der Waals surface area contributed by atoms with Gasteiger partial charge in [0.15, 0.2) is 6.61 Å². The summed E-state index contributed by atoms with van der Waals surface area (Å²) in [5, 5.41) is 3.85. The summed E-state index contributed by atoms with van der Waals surface area (Å²) < 4.78 is 6.82. The Morgan fingerprint density at radius 2 is 1.55 bits per heavy atom. The number of fused-ring (bicyclic) bond motifs is 1. The molecule has 0 aliphatic carbocycles. The Morgan fingerprint density at radius 1 is 0.848 bits per heavy atom. The topological polar surface area (TPSA) is 51.2 Å². The van der Waals surface area contributed by atoms with Crippen LogP contribution in [0.5, 0.6) is 5.75 Å². The molecule has 0 spiro atoms. The highest BCUT2D eigenvalue weighted by Crippen LogP contribution is 2.31. The Balaban J connectivity index is 1.18. The van der Waals surface area contributed by atoms with E-state index in [4.69, 9.17) is 9.72 Å². The standard InChI is InChI=1S/C28H22N2O2S/c1-19-7-16-25-26(17-19)33-28(30-25)22-8-12-23(13-9-22)29-27(31)18-32-24-14-10-21(11-15-24)20-5-3-2-4-6-20/h2-17H,18H2,1H3,(H,29,31). The zero-order valence-corrected chi connectivity index (χ0v) is 18.9. The largest absolute Gasteiger partial charge is 0.484 e.